The van der Waals surface area contributed by atoms with Crippen molar-refractivity contribution in [3.8, 4) is 11.5 Å². The zero-order chi connectivity index (χ0) is 11.4. The fourth-order valence-electron chi connectivity index (χ4n) is 1.17. The van der Waals surface area contributed by atoms with Crippen molar-refractivity contribution in [2.75, 3.05) is 11.9 Å². The highest BCUT2D eigenvalue weighted by Gasteiger charge is 2.10. The van der Waals surface area contributed by atoms with Crippen LogP contribution in [0.25, 0.3) is 11.5 Å². The first-order chi connectivity index (χ1) is 7.81. The molecule has 6 heteroatoms. The number of hydrogen-bond donors (Lipinski definition) is 1. The minimum atomic E-state index is 0.572. The molecule has 0 aliphatic heterocycles. The van der Waals surface area contributed by atoms with Gasteiger partial charge >= 0.3 is 0 Å². The summed E-state index contributed by atoms with van der Waals surface area (Å²) in [5, 5.41) is 4.55. The Morgan fingerprint density at radius 2 is 2.38 bits per heavy atom. The highest BCUT2D eigenvalue weighted by atomic mass is 35.5. The maximum absolute atomic E-state index is 6.01. The van der Waals surface area contributed by atoms with Crippen LogP contribution in [0.4, 0.5) is 5.13 Å². The van der Waals surface area contributed by atoms with E-state index in [9.17, 15) is 0 Å². The summed E-state index contributed by atoms with van der Waals surface area (Å²) in [6, 6.07) is 3.57. The van der Waals surface area contributed by atoms with Crippen molar-refractivity contribution in [1.29, 1.82) is 0 Å². The molecule has 0 unspecified atom stereocenters. The van der Waals surface area contributed by atoms with Crippen LogP contribution < -0.4 is 5.32 Å². The number of anilines is 1. The second-order valence-corrected chi connectivity index (χ2v) is 4.34. The van der Waals surface area contributed by atoms with Crippen molar-refractivity contribution >= 4 is 28.3 Å². The van der Waals surface area contributed by atoms with Gasteiger partial charge in [-0.2, -0.15) is 9.36 Å². The Hall–Kier alpha value is -1.20. The van der Waals surface area contributed by atoms with Crippen LogP contribution in [0.3, 0.4) is 0 Å². The zero-order valence-corrected chi connectivity index (χ0v) is 10.3. The Balaban J connectivity index is 2.22. The molecule has 0 spiro atoms. The van der Waals surface area contributed by atoms with Crippen LogP contribution >= 0.6 is 23.1 Å². The molecule has 0 aliphatic rings. The first-order valence-electron chi connectivity index (χ1n) is 4.99. The minimum Gasteiger partial charge on any atom is -0.360 e. The third-order valence-electron chi connectivity index (χ3n) is 1.92. The van der Waals surface area contributed by atoms with E-state index in [0.29, 0.717) is 16.5 Å². The van der Waals surface area contributed by atoms with Crippen LogP contribution in [-0.2, 0) is 0 Å². The number of aromatic nitrogens is 3. The van der Waals surface area contributed by atoms with Gasteiger partial charge in [0.15, 0.2) is 5.82 Å². The van der Waals surface area contributed by atoms with Gasteiger partial charge in [0.2, 0.25) is 5.13 Å². The van der Waals surface area contributed by atoms with Crippen LogP contribution in [0.1, 0.15) is 13.3 Å². The smallest absolute Gasteiger partial charge is 0.202 e. The molecular weight excluding hydrogens is 244 g/mol. The molecule has 1 N–H and O–H groups in total. The van der Waals surface area contributed by atoms with Crippen molar-refractivity contribution in [3.05, 3.63) is 23.4 Å². The summed E-state index contributed by atoms with van der Waals surface area (Å²) in [5.74, 6) is 0.578. The van der Waals surface area contributed by atoms with E-state index in [1.807, 2.05) is 0 Å². The van der Waals surface area contributed by atoms with E-state index in [0.717, 1.165) is 18.1 Å². The molecular formula is C10H11ClN4S. The predicted molar refractivity (Wildman–Crippen MR) is 66.9 cm³/mol. The van der Waals surface area contributed by atoms with E-state index in [4.69, 9.17) is 11.6 Å². The lowest BCUT2D eigenvalue weighted by atomic mass is 10.3. The lowest BCUT2D eigenvalue weighted by molar-refractivity contribution is 0.976. The van der Waals surface area contributed by atoms with E-state index in [1.165, 1.54) is 11.5 Å². The van der Waals surface area contributed by atoms with E-state index in [1.54, 1.807) is 18.3 Å². The van der Waals surface area contributed by atoms with Crippen molar-refractivity contribution < 1.29 is 0 Å². The number of hydrogen-bond acceptors (Lipinski definition) is 5. The molecule has 84 valence electrons. The molecule has 4 nitrogen and oxygen atoms in total. The lowest BCUT2D eigenvalue weighted by Crippen LogP contribution is -1.98. The molecule has 16 heavy (non-hydrogen) atoms. The predicted octanol–water partition coefficient (Wildman–Crippen LogP) is 3.08. The highest BCUT2D eigenvalue weighted by molar-refractivity contribution is 7.09. The van der Waals surface area contributed by atoms with E-state index < -0.39 is 0 Å². The summed E-state index contributed by atoms with van der Waals surface area (Å²) >= 11 is 7.34. The summed E-state index contributed by atoms with van der Waals surface area (Å²) in [6.07, 6.45) is 2.74. The van der Waals surface area contributed by atoms with Crippen molar-refractivity contribution in [2.45, 2.75) is 13.3 Å². The van der Waals surface area contributed by atoms with Gasteiger partial charge in [-0.05, 0) is 18.6 Å². The molecule has 2 rings (SSSR count). The molecule has 2 aromatic heterocycles. The third-order valence-corrected chi connectivity index (χ3v) is 2.90. The molecule has 0 radical (unpaired) electrons. The summed E-state index contributed by atoms with van der Waals surface area (Å²) in [7, 11) is 0. The first kappa shape index (κ1) is 11.3. The topological polar surface area (TPSA) is 50.7 Å². The summed E-state index contributed by atoms with van der Waals surface area (Å²) in [4.78, 5) is 8.49. The Morgan fingerprint density at radius 3 is 3.12 bits per heavy atom. The van der Waals surface area contributed by atoms with E-state index >= 15 is 0 Å². The maximum atomic E-state index is 6.01. The molecule has 0 fully saturated rings. The van der Waals surface area contributed by atoms with Gasteiger partial charge in [-0.3, -0.25) is 4.98 Å². The first-order valence-corrected chi connectivity index (χ1v) is 6.15. The van der Waals surface area contributed by atoms with Crippen LogP contribution in [0.2, 0.25) is 5.02 Å². The average molecular weight is 255 g/mol. The summed E-state index contributed by atoms with van der Waals surface area (Å²) < 4.78 is 4.22. The summed E-state index contributed by atoms with van der Waals surface area (Å²) in [6.45, 7) is 3.00. The van der Waals surface area contributed by atoms with E-state index in [2.05, 4.69) is 26.6 Å². The fraction of sp³-hybridized carbons (Fsp3) is 0.300. The highest BCUT2D eigenvalue weighted by Crippen LogP contribution is 2.25. The second kappa shape index (κ2) is 5.23. The Bertz CT molecular complexity index is 471. The van der Waals surface area contributed by atoms with Gasteiger partial charge in [-0.1, -0.05) is 18.5 Å². The van der Waals surface area contributed by atoms with Gasteiger partial charge in [0.1, 0.15) is 5.69 Å². The molecule has 0 aliphatic carbocycles. The van der Waals surface area contributed by atoms with Crippen LogP contribution in [0.15, 0.2) is 18.3 Å². The molecule has 0 aromatic carbocycles. The van der Waals surface area contributed by atoms with Gasteiger partial charge in [0.05, 0.1) is 5.02 Å². The monoisotopic (exact) mass is 254 g/mol. The van der Waals surface area contributed by atoms with Gasteiger partial charge in [-0.15, -0.1) is 0 Å². The van der Waals surface area contributed by atoms with Gasteiger partial charge in [-0.25, -0.2) is 0 Å². The Labute approximate surface area is 103 Å². The van der Waals surface area contributed by atoms with Crippen molar-refractivity contribution in [3.63, 3.8) is 0 Å². The molecule has 2 heterocycles. The number of nitrogens with one attached hydrogen (secondary N) is 1. The standard InChI is InChI=1S/C10H11ClN4S/c1-2-5-13-10-14-9(15-16-10)8-7(11)4-3-6-12-8/h3-4,6H,2,5H2,1H3,(H,13,14,15). The SMILES string of the molecule is CCCNc1nc(-c2ncccc2Cl)ns1. The molecule has 0 bridgehead atoms. The molecule has 0 atom stereocenters. The Morgan fingerprint density at radius 1 is 1.50 bits per heavy atom. The maximum Gasteiger partial charge on any atom is 0.202 e. The normalized spacial score (nSPS) is 10.4. The summed E-state index contributed by atoms with van der Waals surface area (Å²) in [5.41, 5.74) is 0.630. The van der Waals surface area contributed by atoms with Gasteiger partial charge < -0.3 is 5.32 Å². The molecule has 2 aromatic rings. The van der Waals surface area contributed by atoms with Crippen molar-refractivity contribution in [2.24, 2.45) is 0 Å². The van der Waals surface area contributed by atoms with Gasteiger partial charge in [0.25, 0.3) is 0 Å². The quantitative estimate of drug-likeness (QED) is 0.911. The minimum absolute atomic E-state index is 0.572. The molecule has 0 amide bonds. The van der Waals surface area contributed by atoms with Crippen LogP contribution in [-0.4, -0.2) is 20.9 Å². The molecule has 0 saturated carbocycles. The Kier molecular flexibility index (Phi) is 3.69. The average Bonchev–Trinajstić information content (AvgIpc) is 2.75. The lowest BCUT2D eigenvalue weighted by Gasteiger charge is -1.97. The van der Waals surface area contributed by atoms with Gasteiger partial charge in [0, 0.05) is 24.3 Å². The largest absolute Gasteiger partial charge is 0.360 e. The molecule has 0 saturated heterocycles. The third kappa shape index (κ3) is 2.48. The zero-order valence-electron chi connectivity index (χ0n) is 8.77. The van der Waals surface area contributed by atoms with Crippen molar-refractivity contribution in [1.82, 2.24) is 14.3 Å². The fourth-order valence-corrected chi connectivity index (χ4v) is 1.97. The number of halogens is 1. The number of nitrogens with zero attached hydrogens (tertiary/aromatic N) is 3. The number of pyridine rings is 1. The van der Waals surface area contributed by atoms with E-state index in [-0.39, 0.29) is 0 Å². The number of rotatable bonds is 4. The van der Waals surface area contributed by atoms with Crippen LogP contribution in [0.5, 0.6) is 0 Å². The van der Waals surface area contributed by atoms with Crippen LogP contribution in [0, 0.1) is 0 Å². The second-order valence-electron chi connectivity index (χ2n) is 3.18.